The zero-order valence-corrected chi connectivity index (χ0v) is 20.5. The van der Waals surface area contributed by atoms with E-state index in [9.17, 15) is 9.59 Å². The molecule has 33 heavy (non-hydrogen) atoms. The average molecular weight is 467 g/mol. The SMILES string of the molecule is CSN1CC=C(c2cc(C(=O)NCc3c(C)cc(C)[nH]c3=O)c3cnn(C(C)C)c3n2)CC1. The van der Waals surface area contributed by atoms with Gasteiger partial charge < -0.3 is 10.3 Å². The zero-order valence-electron chi connectivity index (χ0n) is 19.7. The first-order chi connectivity index (χ1) is 15.8. The average Bonchev–Trinajstić information content (AvgIpc) is 3.22. The first kappa shape index (κ1) is 23.3. The van der Waals surface area contributed by atoms with Crippen molar-refractivity contribution in [3.05, 3.63) is 62.8 Å². The molecule has 0 aliphatic carbocycles. The van der Waals surface area contributed by atoms with Crippen LogP contribution in [0, 0.1) is 13.8 Å². The summed E-state index contributed by atoms with van der Waals surface area (Å²) >= 11 is 1.73. The topological polar surface area (TPSA) is 95.9 Å². The summed E-state index contributed by atoms with van der Waals surface area (Å²) in [5.41, 5.74) is 5.21. The van der Waals surface area contributed by atoms with Crippen LogP contribution < -0.4 is 10.9 Å². The van der Waals surface area contributed by atoms with E-state index in [1.807, 2.05) is 44.5 Å². The summed E-state index contributed by atoms with van der Waals surface area (Å²) in [6.07, 6.45) is 6.83. The molecule has 0 bridgehead atoms. The van der Waals surface area contributed by atoms with E-state index in [4.69, 9.17) is 4.98 Å². The lowest BCUT2D eigenvalue weighted by molar-refractivity contribution is 0.0952. The van der Waals surface area contributed by atoms with E-state index in [0.717, 1.165) is 42.0 Å². The van der Waals surface area contributed by atoms with E-state index < -0.39 is 0 Å². The molecule has 0 unspecified atom stereocenters. The van der Waals surface area contributed by atoms with Crippen LogP contribution in [0.3, 0.4) is 0 Å². The van der Waals surface area contributed by atoms with Gasteiger partial charge in [-0.3, -0.25) is 9.59 Å². The summed E-state index contributed by atoms with van der Waals surface area (Å²) in [4.78, 5) is 33.4. The molecular weight excluding hydrogens is 436 g/mol. The van der Waals surface area contributed by atoms with E-state index in [1.54, 1.807) is 18.1 Å². The summed E-state index contributed by atoms with van der Waals surface area (Å²) in [6, 6.07) is 3.88. The van der Waals surface area contributed by atoms with Crippen LogP contribution in [0.15, 0.2) is 29.2 Å². The van der Waals surface area contributed by atoms with Crippen LogP contribution in [0.5, 0.6) is 0 Å². The number of aromatic nitrogens is 4. The molecule has 0 saturated carbocycles. The molecule has 0 spiro atoms. The third-order valence-electron chi connectivity index (χ3n) is 5.98. The molecule has 4 rings (SSSR count). The van der Waals surface area contributed by atoms with Gasteiger partial charge in [-0.25, -0.2) is 14.0 Å². The van der Waals surface area contributed by atoms with Crippen molar-refractivity contribution in [3.63, 3.8) is 0 Å². The summed E-state index contributed by atoms with van der Waals surface area (Å²) in [6.45, 7) is 9.75. The van der Waals surface area contributed by atoms with E-state index in [0.29, 0.717) is 22.2 Å². The highest BCUT2D eigenvalue weighted by atomic mass is 32.2. The lowest BCUT2D eigenvalue weighted by Crippen LogP contribution is -2.28. The van der Waals surface area contributed by atoms with E-state index in [2.05, 4.69) is 32.0 Å². The van der Waals surface area contributed by atoms with Gasteiger partial charge in [0.1, 0.15) is 0 Å². The summed E-state index contributed by atoms with van der Waals surface area (Å²) in [5, 5.41) is 8.14. The second kappa shape index (κ2) is 9.52. The number of carbonyl (C=O) groups excluding carboxylic acids is 1. The van der Waals surface area contributed by atoms with Gasteiger partial charge in [-0.2, -0.15) is 5.10 Å². The number of H-pyrrole nitrogens is 1. The lowest BCUT2D eigenvalue weighted by Gasteiger charge is -2.23. The lowest BCUT2D eigenvalue weighted by atomic mass is 10.0. The van der Waals surface area contributed by atoms with Gasteiger partial charge in [0.05, 0.1) is 22.8 Å². The van der Waals surface area contributed by atoms with Crippen molar-refractivity contribution in [2.45, 2.75) is 46.7 Å². The van der Waals surface area contributed by atoms with Crippen molar-refractivity contribution in [2.24, 2.45) is 0 Å². The highest BCUT2D eigenvalue weighted by Gasteiger charge is 2.21. The van der Waals surface area contributed by atoms with Gasteiger partial charge >= 0.3 is 0 Å². The fraction of sp³-hybridized carbons (Fsp3) is 0.417. The summed E-state index contributed by atoms with van der Waals surface area (Å²) < 4.78 is 4.14. The van der Waals surface area contributed by atoms with Gasteiger partial charge in [0.2, 0.25) is 0 Å². The third-order valence-corrected chi connectivity index (χ3v) is 6.83. The van der Waals surface area contributed by atoms with Crippen LogP contribution in [0.25, 0.3) is 16.6 Å². The zero-order chi connectivity index (χ0) is 23.7. The maximum atomic E-state index is 13.3. The van der Waals surface area contributed by atoms with Gasteiger partial charge in [0.25, 0.3) is 11.5 Å². The maximum absolute atomic E-state index is 13.3. The van der Waals surface area contributed by atoms with Gasteiger partial charge in [-0.05, 0) is 63.6 Å². The molecule has 1 aliphatic heterocycles. The van der Waals surface area contributed by atoms with Crippen LogP contribution in [0.1, 0.15) is 59.2 Å². The minimum Gasteiger partial charge on any atom is -0.348 e. The van der Waals surface area contributed by atoms with Crippen molar-refractivity contribution < 1.29 is 4.79 Å². The molecule has 9 heteroatoms. The number of aryl methyl sites for hydroxylation is 2. The van der Waals surface area contributed by atoms with Crippen molar-refractivity contribution >= 4 is 34.5 Å². The van der Waals surface area contributed by atoms with Gasteiger partial charge in [0.15, 0.2) is 5.65 Å². The molecule has 1 aliphatic rings. The minimum absolute atomic E-state index is 0.113. The molecule has 3 aromatic rings. The number of rotatable bonds is 6. The van der Waals surface area contributed by atoms with Crippen LogP contribution in [0.4, 0.5) is 0 Å². The number of carbonyl (C=O) groups is 1. The third kappa shape index (κ3) is 4.74. The largest absolute Gasteiger partial charge is 0.348 e. The molecule has 0 fully saturated rings. The molecule has 4 heterocycles. The normalized spacial score (nSPS) is 14.7. The number of aromatic amines is 1. The van der Waals surface area contributed by atoms with Crippen LogP contribution in [-0.4, -0.2) is 49.3 Å². The second-order valence-corrected chi connectivity index (χ2v) is 9.53. The molecule has 0 atom stereocenters. The van der Waals surface area contributed by atoms with Crippen molar-refractivity contribution in [2.75, 3.05) is 19.3 Å². The van der Waals surface area contributed by atoms with Crippen molar-refractivity contribution in [3.8, 4) is 0 Å². The van der Waals surface area contributed by atoms with E-state index >= 15 is 0 Å². The molecule has 8 nitrogen and oxygen atoms in total. The standard InChI is InChI=1S/C24H30N6O2S/c1-14(2)30-22-20(13-26-30)18(11-21(28-22)17-6-8-29(33-5)9-7-17)23(31)25-12-19-15(3)10-16(4)27-24(19)32/h6,10-11,13-14H,7-9,12H2,1-5H3,(H,25,31)(H,27,32). The monoisotopic (exact) mass is 466 g/mol. The Morgan fingerprint density at radius 1 is 1.30 bits per heavy atom. The first-order valence-electron chi connectivity index (χ1n) is 11.1. The number of hydrogen-bond donors (Lipinski definition) is 2. The van der Waals surface area contributed by atoms with E-state index in [1.165, 1.54) is 0 Å². The summed E-state index contributed by atoms with van der Waals surface area (Å²) in [7, 11) is 0. The molecule has 0 radical (unpaired) electrons. The Hall–Kier alpha value is -2.91. The molecule has 1 amide bonds. The predicted molar refractivity (Wildman–Crippen MR) is 133 cm³/mol. The number of nitrogens with one attached hydrogen (secondary N) is 2. The fourth-order valence-corrected chi connectivity index (χ4v) is 4.66. The van der Waals surface area contributed by atoms with Crippen LogP contribution >= 0.6 is 11.9 Å². The maximum Gasteiger partial charge on any atom is 0.253 e. The molecule has 0 aromatic carbocycles. The predicted octanol–water partition coefficient (Wildman–Crippen LogP) is 3.61. The van der Waals surface area contributed by atoms with Crippen LogP contribution in [0.2, 0.25) is 0 Å². The Morgan fingerprint density at radius 2 is 2.09 bits per heavy atom. The number of amides is 1. The number of fused-ring (bicyclic) bond motifs is 1. The number of pyridine rings is 2. The van der Waals surface area contributed by atoms with Crippen molar-refractivity contribution in [1.29, 1.82) is 0 Å². The number of nitrogens with zero attached hydrogens (tertiary/aromatic N) is 4. The Morgan fingerprint density at radius 3 is 2.73 bits per heavy atom. The Balaban J connectivity index is 1.71. The minimum atomic E-state index is -0.242. The van der Waals surface area contributed by atoms with E-state index in [-0.39, 0.29) is 24.1 Å². The Kier molecular flexibility index (Phi) is 6.71. The van der Waals surface area contributed by atoms with Gasteiger partial charge in [-0.15, -0.1) is 0 Å². The Bertz CT molecular complexity index is 1290. The quantitative estimate of drug-likeness (QED) is 0.539. The fourth-order valence-electron chi connectivity index (χ4n) is 4.16. The highest BCUT2D eigenvalue weighted by molar-refractivity contribution is 7.96. The summed E-state index contributed by atoms with van der Waals surface area (Å²) in [5.74, 6) is -0.242. The van der Waals surface area contributed by atoms with Gasteiger partial charge in [-0.1, -0.05) is 18.0 Å². The Labute approximate surface area is 197 Å². The molecule has 2 N–H and O–H groups in total. The molecule has 174 valence electrons. The second-order valence-electron chi connectivity index (χ2n) is 8.65. The highest BCUT2D eigenvalue weighted by Crippen LogP contribution is 2.28. The molecule has 0 saturated heterocycles. The smallest absolute Gasteiger partial charge is 0.253 e. The number of hydrogen-bond acceptors (Lipinski definition) is 6. The van der Waals surface area contributed by atoms with Crippen LogP contribution in [-0.2, 0) is 6.54 Å². The van der Waals surface area contributed by atoms with Crippen molar-refractivity contribution in [1.82, 2.24) is 29.4 Å². The molecule has 3 aromatic heterocycles. The van der Waals surface area contributed by atoms with Gasteiger partial charge in [0, 0.05) is 36.9 Å². The molecular formula is C24H30N6O2S. The first-order valence-corrected chi connectivity index (χ1v) is 12.3.